The van der Waals surface area contributed by atoms with Crippen LogP contribution in [0.25, 0.3) is 22.2 Å². The lowest BCUT2D eigenvalue weighted by atomic mass is 10.1. The van der Waals surface area contributed by atoms with Crippen molar-refractivity contribution < 1.29 is 14.3 Å². The van der Waals surface area contributed by atoms with Gasteiger partial charge in [0.15, 0.2) is 0 Å². The second kappa shape index (κ2) is 6.67. The number of fused-ring (bicyclic) bond motifs is 1. The van der Waals surface area contributed by atoms with Gasteiger partial charge in [-0.2, -0.15) is 0 Å². The van der Waals surface area contributed by atoms with Gasteiger partial charge in [-0.1, -0.05) is 36.4 Å². The Morgan fingerprint density at radius 1 is 1.04 bits per heavy atom. The predicted octanol–water partition coefficient (Wildman–Crippen LogP) is 4.87. The van der Waals surface area contributed by atoms with Gasteiger partial charge in [-0.15, -0.1) is 11.3 Å². The van der Waals surface area contributed by atoms with Crippen LogP contribution in [0, 0.1) is 0 Å². The molecule has 4 heteroatoms. The molecule has 3 rings (SSSR count). The molecule has 1 aromatic heterocycles. The largest absolute Gasteiger partial charge is 0.497 e. The van der Waals surface area contributed by atoms with Crippen LogP contribution in [-0.4, -0.2) is 20.2 Å². The number of esters is 1. The molecule has 0 fully saturated rings. The van der Waals surface area contributed by atoms with Crippen molar-refractivity contribution in [2.24, 2.45) is 0 Å². The molecule has 1 heterocycles. The van der Waals surface area contributed by atoms with Gasteiger partial charge in [0, 0.05) is 10.1 Å². The molecule has 0 spiro atoms. The Kier molecular flexibility index (Phi) is 4.44. The van der Waals surface area contributed by atoms with E-state index in [1.54, 1.807) is 7.11 Å². The average molecular weight is 324 g/mol. The molecule has 0 aliphatic heterocycles. The van der Waals surface area contributed by atoms with E-state index in [-0.39, 0.29) is 5.97 Å². The van der Waals surface area contributed by atoms with Crippen molar-refractivity contribution in [3.05, 3.63) is 64.5 Å². The number of ether oxygens (including phenoxy) is 2. The third-order valence-corrected chi connectivity index (χ3v) is 4.61. The van der Waals surface area contributed by atoms with Crippen molar-refractivity contribution in [1.29, 1.82) is 0 Å². The minimum absolute atomic E-state index is 0.297. The normalized spacial score (nSPS) is 11.0. The summed E-state index contributed by atoms with van der Waals surface area (Å²) in [5.41, 5.74) is 2.13. The standard InChI is InChI=1S/C19H16O3S/c1-21-15-7-3-5-13(11-15)9-10-14-6-4-8-17-16(14)12-18(23-17)19(20)22-2/h3-12H,1-2H3. The quantitative estimate of drug-likeness (QED) is 0.507. The molecule has 23 heavy (non-hydrogen) atoms. The topological polar surface area (TPSA) is 35.5 Å². The van der Waals surface area contributed by atoms with Gasteiger partial charge in [-0.25, -0.2) is 4.79 Å². The van der Waals surface area contributed by atoms with Gasteiger partial charge >= 0.3 is 5.97 Å². The molecule has 116 valence electrons. The van der Waals surface area contributed by atoms with Crippen molar-refractivity contribution in [2.75, 3.05) is 14.2 Å². The maximum Gasteiger partial charge on any atom is 0.348 e. The fourth-order valence-corrected chi connectivity index (χ4v) is 3.37. The van der Waals surface area contributed by atoms with Crippen LogP contribution >= 0.6 is 11.3 Å². The lowest BCUT2D eigenvalue weighted by Gasteiger charge is -2.00. The van der Waals surface area contributed by atoms with Gasteiger partial charge in [0.2, 0.25) is 0 Å². The number of rotatable bonds is 4. The second-order valence-corrected chi connectivity index (χ2v) is 6.06. The number of carbonyl (C=O) groups is 1. The molecule has 0 saturated heterocycles. The maximum absolute atomic E-state index is 11.7. The minimum Gasteiger partial charge on any atom is -0.497 e. The molecule has 0 aliphatic rings. The van der Waals surface area contributed by atoms with E-state index in [2.05, 4.69) is 0 Å². The van der Waals surface area contributed by atoms with Crippen molar-refractivity contribution in [3.8, 4) is 5.75 Å². The fourth-order valence-electron chi connectivity index (χ4n) is 2.36. The molecule has 0 amide bonds. The summed E-state index contributed by atoms with van der Waals surface area (Å²) in [6.45, 7) is 0. The first-order valence-electron chi connectivity index (χ1n) is 7.14. The summed E-state index contributed by atoms with van der Waals surface area (Å²) in [4.78, 5) is 12.3. The Labute approximate surface area is 138 Å². The monoisotopic (exact) mass is 324 g/mol. The van der Waals surface area contributed by atoms with Crippen LogP contribution in [0.1, 0.15) is 20.8 Å². The lowest BCUT2D eigenvalue weighted by Crippen LogP contribution is -1.96. The van der Waals surface area contributed by atoms with E-state index in [9.17, 15) is 4.79 Å². The van der Waals surface area contributed by atoms with Crippen molar-refractivity contribution in [2.45, 2.75) is 0 Å². The number of carbonyl (C=O) groups excluding carboxylic acids is 1. The molecule has 0 atom stereocenters. The minimum atomic E-state index is -0.297. The van der Waals surface area contributed by atoms with Crippen LogP contribution in [0.4, 0.5) is 0 Å². The van der Waals surface area contributed by atoms with E-state index in [4.69, 9.17) is 9.47 Å². The molecule has 0 unspecified atom stereocenters. The number of hydrogen-bond donors (Lipinski definition) is 0. The zero-order chi connectivity index (χ0) is 16.2. The summed E-state index contributed by atoms with van der Waals surface area (Å²) < 4.78 is 11.1. The molecule has 0 saturated carbocycles. The highest BCUT2D eigenvalue weighted by Crippen LogP contribution is 2.30. The van der Waals surface area contributed by atoms with E-state index < -0.39 is 0 Å². The third kappa shape index (κ3) is 3.27. The number of thiophene rings is 1. The predicted molar refractivity (Wildman–Crippen MR) is 95.1 cm³/mol. The van der Waals surface area contributed by atoms with Gasteiger partial charge in [-0.05, 0) is 35.4 Å². The van der Waals surface area contributed by atoms with Crippen molar-refractivity contribution >= 4 is 39.5 Å². The van der Waals surface area contributed by atoms with Crippen LogP contribution in [-0.2, 0) is 4.74 Å². The smallest absolute Gasteiger partial charge is 0.348 e. The van der Waals surface area contributed by atoms with Gasteiger partial charge in [0.05, 0.1) is 14.2 Å². The summed E-state index contributed by atoms with van der Waals surface area (Å²) in [7, 11) is 3.06. The molecule has 2 aromatic carbocycles. The SMILES string of the molecule is COC(=O)c1cc2c(C=Cc3cccc(OC)c3)cccc2s1. The summed E-state index contributed by atoms with van der Waals surface area (Å²) in [5, 5.41) is 1.05. The van der Waals surface area contributed by atoms with Crippen LogP contribution in [0.5, 0.6) is 5.75 Å². The number of methoxy groups -OCH3 is 2. The maximum atomic E-state index is 11.7. The molecule has 0 radical (unpaired) electrons. The highest BCUT2D eigenvalue weighted by molar-refractivity contribution is 7.20. The van der Waals surface area contributed by atoms with Gasteiger partial charge in [-0.3, -0.25) is 0 Å². The molecule has 0 bridgehead atoms. The Bertz CT molecular complexity index is 877. The Morgan fingerprint density at radius 3 is 2.65 bits per heavy atom. The van der Waals surface area contributed by atoms with Crippen LogP contribution < -0.4 is 4.74 Å². The molecular formula is C19H16O3S. The second-order valence-electron chi connectivity index (χ2n) is 4.97. The summed E-state index contributed by atoms with van der Waals surface area (Å²) in [5.74, 6) is 0.530. The van der Waals surface area contributed by atoms with Crippen LogP contribution in [0.3, 0.4) is 0 Å². The van der Waals surface area contributed by atoms with Gasteiger partial charge < -0.3 is 9.47 Å². The average Bonchev–Trinajstić information content (AvgIpc) is 3.04. The van der Waals surface area contributed by atoms with Crippen molar-refractivity contribution in [3.63, 3.8) is 0 Å². The van der Waals surface area contributed by atoms with E-state index in [0.717, 1.165) is 27.0 Å². The van der Waals surface area contributed by atoms with E-state index in [1.165, 1.54) is 18.4 Å². The molecule has 0 aliphatic carbocycles. The first kappa shape index (κ1) is 15.3. The zero-order valence-corrected chi connectivity index (χ0v) is 13.7. The molecular weight excluding hydrogens is 308 g/mol. The number of hydrogen-bond acceptors (Lipinski definition) is 4. The van der Waals surface area contributed by atoms with E-state index >= 15 is 0 Å². The Morgan fingerprint density at radius 2 is 1.87 bits per heavy atom. The highest BCUT2D eigenvalue weighted by Gasteiger charge is 2.11. The lowest BCUT2D eigenvalue weighted by molar-refractivity contribution is 0.0606. The Balaban J connectivity index is 1.97. The first-order valence-corrected chi connectivity index (χ1v) is 7.96. The van der Waals surface area contributed by atoms with Crippen LogP contribution in [0.15, 0.2) is 48.5 Å². The van der Waals surface area contributed by atoms with E-state index in [1.807, 2.05) is 60.7 Å². The molecule has 0 N–H and O–H groups in total. The molecule has 3 nitrogen and oxygen atoms in total. The zero-order valence-electron chi connectivity index (χ0n) is 12.9. The van der Waals surface area contributed by atoms with Crippen LogP contribution in [0.2, 0.25) is 0 Å². The summed E-state index contributed by atoms with van der Waals surface area (Å²) >= 11 is 1.44. The third-order valence-electron chi connectivity index (χ3n) is 3.53. The fraction of sp³-hybridized carbons (Fsp3) is 0.105. The summed E-state index contributed by atoms with van der Waals surface area (Å²) in [6, 6.07) is 15.8. The number of benzene rings is 2. The highest BCUT2D eigenvalue weighted by atomic mass is 32.1. The molecule has 3 aromatic rings. The van der Waals surface area contributed by atoms with Gasteiger partial charge in [0.1, 0.15) is 10.6 Å². The Hall–Kier alpha value is -2.59. The summed E-state index contributed by atoms with van der Waals surface area (Å²) in [6.07, 6.45) is 4.08. The van der Waals surface area contributed by atoms with Gasteiger partial charge in [0.25, 0.3) is 0 Å². The van der Waals surface area contributed by atoms with E-state index in [0.29, 0.717) is 4.88 Å². The first-order chi connectivity index (χ1) is 11.2. The van der Waals surface area contributed by atoms with Crippen molar-refractivity contribution in [1.82, 2.24) is 0 Å².